The van der Waals surface area contributed by atoms with Crippen molar-refractivity contribution in [1.82, 2.24) is 9.97 Å². The zero-order valence-electron chi connectivity index (χ0n) is 14.8. The molecular formula is C17H16Cl2N4O4. The van der Waals surface area contributed by atoms with E-state index >= 15 is 0 Å². The van der Waals surface area contributed by atoms with Gasteiger partial charge in [0.1, 0.15) is 5.69 Å². The SMILES string of the molecule is CCOC(=O)C1(C(=O)OCC)C(Cl)=NN(C)c2nc3ccc(Cl)cc3nc21. The van der Waals surface area contributed by atoms with Crippen molar-refractivity contribution in [2.45, 2.75) is 19.3 Å². The van der Waals surface area contributed by atoms with Gasteiger partial charge in [-0.1, -0.05) is 23.2 Å². The van der Waals surface area contributed by atoms with Crippen molar-refractivity contribution in [3.63, 3.8) is 0 Å². The van der Waals surface area contributed by atoms with Gasteiger partial charge >= 0.3 is 11.9 Å². The van der Waals surface area contributed by atoms with E-state index in [0.29, 0.717) is 16.1 Å². The molecular weight excluding hydrogens is 395 g/mol. The monoisotopic (exact) mass is 410 g/mol. The van der Waals surface area contributed by atoms with Crippen LogP contribution in [-0.4, -0.2) is 47.3 Å². The molecule has 3 rings (SSSR count). The normalized spacial score (nSPS) is 15.1. The molecule has 0 aliphatic carbocycles. The lowest BCUT2D eigenvalue weighted by Gasteiger charge is -2.33. The minimum absolute atomic E-state index is 0.0170. The molecule has 0 fully saturated rings. The maximum atomic E-state index is 12.9. The number of esters is 2. The molecule has 8 nitrogen and oxygen atoms in total. The largest absolute Gasteiger partial charge is 0.465 e. The van der Waals surface area contributed by atoms with Crippen LogP contribution in [0, 0.1) is 0 Å². The smallest absolute Gasteiger partial charge is 0.337 e. The number of rotatable bonds is 4. The fourth-order valence-corrected chi connectivity index (χ4v) is 3.29. The van der Waals surface area contributed by atoms with Crippen LogP contribution in [0.2, 0.25) is 5.02 Å². The summed E-state index contributed by atoms with van der Waals surface area (Å²) in [4.78, 5) is 34.8. The molecule has 142 valence electrons. The number of aromatic nitrogens is 2. The molecule has 0 atom stereocenters. The Balaban J connectivity index is 2.37. The Hall–Kier alpha value is -2.45. The summed E-state index contributed by atoms with van der Waals surface area (Å²) >= 11 is 12.4. The first-order valence-electron chi connectivity index (χ1n) is 8.16. The van der Waals surface area contributed by atoms with E-state index in [2.05, 4.69) is 15.1 Å². The number of fused-ring (bicyclic) bond motifs is 2. The molecule has 10 heteroatoms. The molecule has 0 bridgehead atoms. The third-order valence-electron chi connectivity index (χ3n) is 3.98. The Kier molecular flexibility index (Phi) is 5.21. The summed E-state index contributed by atoms with van der Waals surface area (Å²) < 4.78 is 10.3. The number of carbonyl (C=O) groups is 2. The van der Waals surface area contributed by atoms with Crippen LogP contribution in [0.3, 0.4) is 0 Å². The molecule has 0 N–H and O–H groups in total. The summed E-state index contributed by atoms with van der Waals surface area (Å²) in [5.41, 5.74) is -1.27. The Morgan fingerprint density at radius 1 is 1.07 bits per heavy atom. The fourth-order valence-electron chi connectivity index (χ4n) is 2.77. The van der Waals surface area contributed by atoms with Gasteiger partial charge in [0.15, 0.2) is 11.0 Å². The molecule has 1 aromatic carbocycles. The van der Waals surface area contributed by atoms with E-state index in [1.165, 1.54) is 5.01 Å². The maximum absolute atomic E-state index is 12.9. The number of halogens is 2. The molecule has 0 radical (unpaired) electrons. The highest BCUT2D eigenvalue weighted by molar-refractivity contribution is 6.72. The van der Waals surface area contributed by atoms with Gasteiger partial charge in [0.2, 0.25) is 0 Å². The van der Waals surface area contributed by atoms with E-state index in [0.717, 1.165) is 0 Å². The topological polar surface area (TPSA) is 94.0 Å². The molecule has 27 heavy (non-hydrogen) atoms. The quantitative estimate of drug-likeness (QED) is 0.564. The van der Waals surface area contributed by atoms with E-state index in [1.54, 1.807) is 39.1 Å². The van der Waals surface area contributed by atoms with E-state index in [-0.39, 0.29) is 29.9 Å². The number of ether oxygens (including phenoxy) is 2. The number of anilines is 1. The predicted octanol–water partition coefficient (Wildman–Crippen LogP) is 2.65. The van der Waals surface area contributed by atoms with Gasteiger partial charge in [0, 0.05) is 12.1 Å². The Morgan fingerprint density at radius 3 is 2.30 bits per heavy atom. The molecule has 1 aromatic heterocycles. The van der Waals surface area contributed by atoms with Gasteiger partial charge in [-0.15, -0.1) is 0 Å². The van der Waals surface area contributed by atoms with E-state index in [4.69, 9.17) is 32.7 Å². The minimum atomic E-state index is -2.15. The number of hydrogen-bond donors (Lipinski definition) is 0. The fraction of sp³-hybridized carbons (Fsp3) is 0.353. The first-order valence-corrected chi connectivity index (χ1v) is 8.92. The first kappa shape index (κ1) is 19.3. The summed E-state index contributed by atoms with van der Waals surface area (Å²) in [6.07, 6.45) is 0. The lowest BCUT2D eigenvalue weighted by Crippen LogP contribution is -2.54. The molecule has 2 aromatic rings. The Labute approximate surface area is 165 Å². The number of hydrogen-bond acceptors (Lipinski definition) is 8. The van der Waals surface area contributed by atoms with Gasteiger partial charge in [0.05, 0.1) is 24.2 Å². The van der Waals surface area contributed by atoms with Gasteiger partial charge in [0.25, 0.3) is 5.41 Å². The highest BCUT2D eigenvalue weighted by Crippen LogP contribution is 2.40. The summed E-state index contributed by atoms with van der Waals surface area (Å²) in [6.45, 7) is 3.29. The molecule has 0 spiro atoms. The van der Waals surface area contributed by atoms with Crippen molar-refractivity contribution in [3.05, 3.63) is 28.9 Å². The molecule has 0 saturated heterocycles. The van der Waals surface area contributed by atoms with Crippen molar-refractivity contribution in [3.8, 4) is 0 Å². The van der Waals surface area contributed by atoms with Crippen molar-refractivity contribution in [2.24, 2.45) is 5.10 Å². The van der Waals surface area contributed by atoms with Crippen molar-refractivity contribution in [1.29, 1.82) is 0 Å². The summed E-state index contributed by atoms with van der Waals surface area (Å²) in [5, 5.41) is 5.54. The molecule has 0 saturated carbocycles. The minimum Gasteiger partial charge on any atom is -0.465 e. The number of carbonyl (C=O) groups excluding carboxylic acids is 2. The first-order chi connectivity index (χ1) is 12.9. The van der Waals surface area contributed by atoms with Gasteiger partial charge in [-0.2, -0.15) is 5.10 Å². The van der Waals surface area contributed by atoms with Crippen molar-refractivity contribution in [2.75, 3.05) is 25.3 Å². The second-order valence-corrected chi connectivity index (χ2v) is 6.43. The standard InChI is InChI=1S/C17H16Cl2N4O4/c1-4-26-15(24)17(16(25)27-5-2)12-13(23(3)22-14(17)19)21-10-7-6-9(18)8-11(10)20-12/h6-8H,4-5H2,1-3H3. The zero-order chi connectivity index (χ0) is 19.8. The van der Waals surface area contributed by atoms with Gasteiger partial charge < -0.3 is 9.47 Å². The van der Waals surface area contributed by atoms with E-state index in [9.17, 15) is 9.59 Å². The van der Waals surface area contributed by atoms with Gasteiger partial charge in [-0.3, -0.25) is 0 Å². The number of hydrazone groups is 1. The van der Waals surface area contributed by atoms with Crippen LogP contribution in [0.4, 0.5) is 5.82 Å². The van der Waals surface area contributed by atoms with Crippen LogP contribution in [0.5, 0.6) is 0 Å². The lowest BCUT2D eigenvalue weighted by atomic mass is 9.83. The van der Waals surface area contributed by atoms with Gasteiger partial charge in [-0.25, -0.2) is 24.6 Å². The summed E-state index contributed by atoms with van der Waals surface area (Å²) in [5.74, 6) is -1.67. The third kappa shape index (κ3) is 2.98. The second kappa shape index (κ2) is 7.28. The Morgan fingerprint density at radius 2 is 1.70 bits per heavy atom. The summed E-state index contributed by atoms with van der Waals surface area (Å²) in [7, 11) is 1.58. The Bertz CT molecular complexity index is 945. The maximum Gasteiger partial charge on any atom is 0.337 e. The van der Waals surface area contributed by atoms with Crippen LogP contribution in [0.15, 0.2) is 23.3 Å². The average Bonchev–Trinajstić information content (AvgIpc) is 2.61. The van der Waals surface area contributed by atoms with Crippen LogP contribution >= 0.6 is 23.2 Å². The van der Waals surface area contributed by atoms with Crippen LogP contribution in [-0.2, 0) is 24.5 Å². The average molecular weight is 411 g/mol. The lowest BCUT2D eigenvalue weighted by molar-refractivity contribution is -0.160. The zero-order valence-corrected chi connectivity index (χ0v) is 16.3. The highest BCUT2D eigenvalue weighted by atomic mass is 35.5. The van der Waals surface area contributed by atoms with Crippen LogP contribution in [0.1, 0.15) is 19.5 Å². The summed E-state index contributed by atoms with van der Waals surface area (Å²) in [6, 6.07) is 4.91. The van der Waals surface area contributed by atoms with Crippen molar-refractivity contribution >= 4 is 57.2 Å². The third-order valence-corrected chi connectivity index (χ3v) is 4.57. The molecule has 1 aliphatic heterocycles. The number of benzene rings is 1. The van der Waals surface area contributed by atoms with Crippen LogP contribution in [0.25, 0.3) is 11.0 Å². The number of nitrogens with zero attached hydrogens (tertiary/aromatic N) is 4. The molecule has 0 unspecified atom stereocenters. The van der Waals surface area contributed by atoms with Crippen LogP contribution < -0.4 is 5.01 Å². The molecule has 1 aliphatic rings. The van der Waals surface area contributed by atoms with E-state index in [1.807, 2.05) is 0 Å². The van der Waals surface area contributed by atoms with E-state index < -0.39 is 17.4 Å². The van der Waals surface area contributed by atoms with Crippen molar-refractivity contribution < 1.29 is 19.1 Å². The molecule has 0 amide bonds. The van der Waals surface area contributed by atoms with Gasteiger partial charge in [-0.05, 0) is 32.0 Å². The molecule has 2 heterocycles. The predicted molar refractivity (Wildman–Crippen MR) is 101 cm³/mol. The second-order valence-electron chi connectivity index (χ2n) is 5.63. The highest BCUT2D eigenvalue weighted by Gasteiger charge is 2.60.